The van der Waals surface area contributed by atoms with E-state index >= 15 is 0 Å². The highest BCUT2D eigenvalue weighted by atomic mass is 16.7. The Morgan fingerprint density at radius 3 is 2.61 bits per heavy atom. The van der Waals surface area contributed by atoms with Crippen molar-refractivity contribution in [1.82, 2.24) is 9.71 Å². The summed E-state index contributed by atoms with van der Waals surface area (Å²) in [7, 11) is 0. The smallest absolute Gasteiger partial charge is 0.333 e. The lowest BCUT2D eigenvalue weighted by Gasteiger charge is -2.05. The minimum Gasteiger partial charge on any atom is -0.333 e. The van der Waals surface area contributed by atoms with Crippen LogP contribution >= 0.6 is 0 Å². The van der Waals surface area contributed by atoms with Crippen molar-refractivity contribution >= 4 is 11.8 Å². The predicted molar refractivity (Wildman–Crippen MR) is 60.5 cm³/mol. The number of amides is 1. The van der Waals surface area contributed by atoms with Crippen molar-refractivity contribution in [2.75, 3.05) is 0 Å². The van der Waals surface area contributed by atoms with Crippen molar-refractivity contribution < 1.29 is 14.6 Å². The molecule has 1 amide bonds. The fourth-order valence-corrected chi connectivity index (χ4v) is 1.40. The molecule has 1 aromatic heterocycles. The van der Waals surface area contributed by atoms with Gasteiger partial charge in [-0.05, 0) is 12.1 Å². The van der Waals surface area contributed by atoms with Gasteiger partial charge in [0.05, 0.1) is 11.1 Å². The molecule has 0 aliphatic carbocycles. The highest BCUT2D eigenvalue weighted by molar-refractivity contribution is 5.66. The van der Waals surface area contributed by atoms with Crippen molar-refractivity contribution in [3.8, 4) is 11.4 Å². The molecule has 0 atom stereocenters. The number of carbonyl (C=O) groups is 1. The van der Waals surface area contributed by atoms with Crippen molar-refractivity contribution in [3.05, 3.63) is 46.8 Å². The van der Waals surface area contributed by atoms with Crippen LogP contribution in [0.4, 0.5) is 10.5 Å². The van der Waals surface area contributed by atoms with Gasteiger partial charge in [0, 0.05) is 23.9 Å². The van der Waals surface area contributed by atoms with Gasteiger partial charge in [-0.2, -0.15) is 4.73 Å². The van der Waals surface area contributed by atoms with Crippen LogP contribution in [0.2, 0.25) is 0 Å². The lowest BCUT2D eigenvalue weighted by Crippen LogP contribution is -2.25. The van der Waals surface area contributed by atoms with Gasteiger partial charge in [0.2, 0.25) is 0 Å². The number of rotatable bonds is 3. The molecule has 18 heavy (non-hydrogen) atoms. The monoisotopic (exact) mass is 248 g/mol. The number of nitro groups is 1. The first-order valence-corrected chi connectivity index (χ1v) is 4.84. The zero-order valence-electron chi connectivity index (χ0n) is 9.02. The molecule has 2 rings (SSSR count). The van der Waals surface area contributed by atoms with Crippen LogP contribution in [0.25, 0.3) is 11.4 Å². The Labute approximate surface area is 101 Å². The maximum absolute atomic E-state index is 10.7. The molecule has 0 saturated heterocycles. The molecule has 0 aliphatic rings. The highest BCUT2D eigenvalue weighted by Crippen LogP contribution is 2.20. The minimum atomic E-state index is -0.976. The Hall–Kier alpha value is -2.90. The topological polar surface area (TPSA) is 113 Å². The summed E-state index contributed by atoms with van der Waals surface area (Å²) in [5, 5.41) is 10.5. The highest BCUT2D eigenvalue weighted by Gasteiger charge is 2.11. The number of hydrogen-bond acceptors (Lipinski definition) is 5. The maximum atomic E-state index is 10.7. The molecule has 1 heterocycles. The quantitative estimate of drug-likeness (QED) is 0.642. The van der Waals surface area contributed by atoms with E-state index in [0.29, 0.717) is 11.4 Å². The maximum Gasteiger partial charge on any atom is 0.429 e. The summed E-state index contributed by atoms with van der Waals surface area (Å²) in [6, 6.07) is 5.67. The molecule has 0 bridgehead atoms. The van der Waals surface area contributed by atoms with Crippen LogP contribution in [0, 0.1) is 10.1 Å². The van der Waals surface area contributed by atoms with Gasteiger partial charge >= 0.3 is 6.09 Å². The van der Waals surface area contributed by atoms with Crippen LogP contribution in [-0.2, 0) is 0 Å². The number of imidazole rings is 1. The molecule has 92 valence electrons. The van der Waals surface area contributed by atoms with Gasteiger partial charge in [-0.1, -0.05) is 0 Å². The van der Waals surface area contributed by atoms with E-state index in [1.807, 2.05) is 0 Å². The molecule has 0 spiro atoms. The van der Waals surface area contributed by atoms with Crippen molar-refractivity contribution in [3.63, 3.8) is 0 Å². The summed E-state index contributed by atoms with van der Waals surface area (Å²) in [5.74, 6) is 0.323. The number of primary amides is 1. The lowest BCUT2D eigenvalue weighted by molar-refractivity contribution is -0.384. The first kappa shape index (κ1) is 11.6. The summed E-state index contributed by atoms with van der Waals surface area (Å²) in [6.07, 6.45) is 1.84. The largest absolute Gasteiger partial charge is 0.429 e. The molecule has 0 radical (unpaired) electrons. The summed E-state index contributed by atoms with van der Waals surface area (Å²) in [5.41, 5.74) is 5.42. The van der Waals surface area contributed by atoms with Crippen LogP contribution in [0.3, 0.4) is 0 Å². The SMILES string of the molecule is NC(=O)On1ccnc1-c1ccc([N+](=O)[O-])cc1. The van der Waals surface area contributed by atoms with E-state index in [-0.39, 0.29) is 5.69 Å². The van der Waals surface area contributed by atoms with Gasteiger partial charge in [0.15, 0.2) is 5.82 Å². The number of nitro benzene ring substituents is 1. The average molecular weight is 248 g/mol. The average Bonchev–Trinajstić information content (AvgIpc) is 2.76. The van der Waals surface area contributed by atoms with Gasteiger partial charge in [-0.15, -0.1) is 0 Å². The Morgan fingerprint density at radius 2 is 2.06 bits per heavy atom. The van der Waals surface area contributed by atoms with E-state index in [9.17, 15) is 14.9 Å². The van der Waals surface area contributed by atoms with Crippen LogP contribution in [0.15, 0.2) is 36.7 Å². The van der Waals surface area contributed by atoms with Crippen molar-refractivity contribution in [1.29, 1.82) is 0 Å². The predicted octanol–water partition coefficient (Wildman–Crippen LogP) is 0.966. The summed E-state index contributed by atoms with van der Waals surface area (Å²) in [6.45, 7) is 0. The summed E-state index contributed by atoms with van der Waals surface area (Å²) in [4.78, 5) is 29.3. The van der Waals surface area contributed by atoms with Gasteiger partial charge in [-0.25, -0.2) is 9.78 Å². The minimum absolute atomic E-state index is 0.0346. The Kier molecular flexibility index (Phi) is 2.92. The Balaban J connectivity index is 2.34. The van der Waals surface area contributed by atoms with Crippen LogP contribution < -0.4 is 10.6 Å². The number of carbonyl (C=O) groups excluding carboxylic acids is 1. The van der Waals surface area contributed by atoms with E-state index in [2.05, 4.69) is 9.82 Å². The molecule has 1 aromatic carbocycles. The molecule has 0 unspecified atom stereocenters. The van der Waals surface area contributed by atoms with Crippen LogP contribution in [0.5, 0.6) is 0 Å². The molecule has 8 nitrogen and oxygen atoms in total. The molecule has 2 aromatic rings. The summed E-state index contributed by atoms with van der Waals surface area (Å²) < 4.78 is 1.09. The second-order valence-corrected chi connectivity index (χ2v) is 3.29. The molecule has 8 heteroatoms. The van der Waals surface area contributed by atoms with E-state index < -0.39 is 11.0 Å². The van der Waals surface area contributed by atoms with Crippen molar-refractivity contribution in [2.24, 2.45) is 5.73 Å². The number of nitrogens with zero attached hydrogens (tertiary/aromatic N) is 3. The second kappa shape index (κ2) is 4.53. The fourth-order valence-electron chi connectivity index (χ4n) is 1.40. The zero-order chi connectivity index (χ0) is 13.1. The third-order valence-electron chi connectivity index (χ3n) is 2.13. The van der Waals surface area contributed by atoms with E-state index in [1.54, 1.807) is 0 Å². The molecule has 0 saturated carbocycles. The van der Waals surface area contributed by atoms with E-state index in [0.717, 1.165) is 4.73 Å². The lowest BCUT2D eigenvalue weighted by atomic mass is 10.2. The molecular weight excluding hydrogens is 240 g/mol. The van der Waals surface area contributed by atoms with Gasteiger partial charge in [0.1, 0.15) is 0 Å². The number of hydrogen-bond donors (Lipinski definition) is 1. The third kappa shape index (κ3) is 2.26. The Bertz CT molecular complexity index is 590. The van der Waals surface area contributed by atoms with Gasteiger partial charge in [0.25, 0.3) is 5.69 Å². The van der Waals surface area contributed by atoms with Gasteiger partial charge < -0.3 is 10.6 Å². The van der Waals surface area contributed by atoms with E-state index in [1.165, 1.54) is 36.7 Å². The van der Waals surface area contributed by atoms with Crippen LogP contribution in [0.1, 0.15) is 0 Å². The molecule has 0 fully saturated rings. The number of aromatic nitrogens is 2. The number of nitrogens with two attached hydrogens (primary N) is 1. The first-order valence-electron chi connectivity index (χ1n) is 4.84. The third-order valence-corrected chi connectivity index (χ3v) is 2.13. The van der Waals surface area contributed by atoms with Gasteiger partial charge in [-0.3, -0.25) is 10.1 Å². The first-order chi connectivity index (χ1) is 8.58. The summed E-state index contributed by atoms with van der Waals surface area (Å²) >= 11 is 0. The number of benzene rings is 1. The van der Waals surface area contributed by atoms with E-state index in [4.69, 9.17) is 5.73 Å². The van der Waals surface area contributed by atoms with Crippen molar-refractivity contribution in [2.45, 2.75) is 0 Å². The molecule has 2 N–H and O–H groups in total. The second-order valence-electron chi connectivity index (χ2n) is 3.29. The fraction of sp³-hybridized carbons (Fsp3) is 0. The Morgan fingerprint density at radius 1 is 1.39 bits per heavy atom. The number of non-ortho nitro benzene ring substituents is 1. The zero-order valence-corrected chi connectivity index (χ0v) is 9.02. The van der Waals surface area contributed by atoms with Crippen LogP contribution in [-0.4, -0.2) is 20.7 Å². The molecule has 0 aliphatic heterocycles. The normalized spacial score (nSPS) is 10.0. The molecular formula is C10H8N4O4. The standard InChI is InChI=1S/C10H8N4O4/c11-10(15)18-13-6-5-12-9(13)7-1-3-8(4-2-7)14(16)17/h1-6H,(H2,11,15).